The van der Waals surface area contributed by atoms with Gasteiger partial charge in [-0.1, -0.05) is 12.1 Å². The summed E-state index contributed by atoms with van der Waals surface area (Å²) in [5.41, 5.74) is 2.12. The SMILES string of the molecule is CCNC(=O)N(CCN1CCOCC1)CC(=O)N1N=C(c2ccc(OC)cc2OC)CC1c1ccc(F)cc1. The fourth-order valence-electron chi connectivity index (χ4n) is 4.72. The molecule has 1 atom stereocenters. The van der Waals surface area contributed by atoms with Crippen molar-refractivity contribution in [1.82, 2.24) is 20.1 Å². The van der Waals surface area contributed by atoms with Gasteiger partial charge in [-0.25, -0.2) is 14.2 Å². The summed E-state index contributed by atoms with van der Waals surface area (Å²) in [6.07, 6.45) is 0.398. The Morgan fingerprint density at radius 3 is 2.54 bits per heavy atom. The highest BCUT2D eigenvalue weighted by molar-refractivity contribution is 6.05. The predicted octanol–water partition coefficient (Wildman–Crippen LogP) is 2.88. The third-order valence-corrected chi connectivity index (χ3v) is 6.87. The zero-order chi connectivity index (χ0) is 27.8. The summed E-state index contributed by atoms with van der Waals surface area (Å²) in [4.78, 5) is 30.3. The van der Waals surface area contributed by atoms with Crippen molar-refractivity contribution >= 4 is 17.6 Å². The van der Waals surface area contributed by atoms with Gasteiger partial charge in [0.25, 0.3) is 5.91 Å². The zero-order valence-corrected chi connectivity index (χ0v) is 22.7. The van der Waals surface area contributed by atoms with Gasteiger partial charge in [-0.05, 0) is 36.8 Å². The van der Waals surface area contributed by atoms with Gasteiger partial charge in [-0.2, -0.15) is 5.10 Å². The fraction of sp³-hybridized carbons (Fsp3) is 0.464. The summed E-state index contributed by atoms with van der Waals surface area (Å²) in [5.74, 6) is 0.503. The molecule has 3 amide bonds. The lowest BCUT2D eigenvalue weighted by atomic mass is 9.97. The number of hydrogen-bond donors (Lipinski definition) is 1. The van der Waals surface area contributed by atoms with Crippen LogP contribution in [0.25, 0.3) is 0 Å². The van der Waals surface area contributed by atoms with Crippen LogP contribution in [0.1, 0.15) is 30.5 Å². The molecule has 0 bridgehead atoms. The first-order chi connectivity index (χ1) is 18.9. The van der Waals surface area contributed by atoms with E-state index in [1.54, 1.807) is 38.5 Å². The van der Waals surface area contributed by atoms with Crippen LogP contribution in [0.3, 0.4) is 0 Å². The van der Waals surface area contributed by atoms with Gasteiger partial charge in [-0.15, -0.1) is 0 Å². The second-order valence-electron chi connectivity index (χ2n) is 9.33. The minimum Gasteiger partial charge on any atom is -0.497 e. The van der Waals surface area contributed by atoms with Crippen LogP contribution in [-0.4, -0.2) is 99.2 Å². The van der Waals surface area contributed by atoms with Gasteiger partial charge in [-0.3, -0.25) is 9.69 Å². The lowest BCUT2D eigenvalue weighted by Gasteiger charge is -2.31. The van der Waals surface area contributed by atoms with Gasteiger partial charge in [0, 0.05) is 50.8 Å². The lowest BCUT2D eigenvalue weighted by molar-refractivity contribution is -0.133. The summed E-state index contributed by atoms with van der Waals surface area (Å²) >= 11 is 0. The Bertz CT molecular complexity index is 1170. The molecule has 2 heterocycles. The van der Waals surface area contributed by atoms with E-state index in [4.69, 9.17) is 19.3 Å². The number of hydrogen-bond acceptors (Lipinski definition) is 7. The van der Waals surface area contributed by atoms with Gasteiger partial charge in [0.2, 0.25) is 0 Å². The maximum atomic E-state index is 13.7. The van der Waals surface area contributed by atoms with E-state index >= 15 is 0 Å². The third kappa shape index (κ3) is 7.04. The van der Waals surface area contributed by atoms with Gasteiger partial charge in [0.1, 0.15) is 23.9 Å². The number of hydrazone groups is 1. The molecule has 0 saturated carbocycles. The molecule has 0 aliphatic carbocycles. The van der Waals surface area contributed by atoms with E-state index in [1.807, 2.05) is 13.0 Å². The van der Waals surface area contributed by atoms with Crippen LogP contribution in [-0.2, 0) is 9.53 Å². The van der Waals surface area contributed by atoms with Crippen LogP contribution in [0.2, 0.25) is 0 Å². The molecule has 2 aromatic rings. The maximum absolute atomic E-state index is 13.7. The zero-order valence-electron chi connectivity index (χ0n) is 22.7. The van der Waals surface area contributed by atoms with Gasteiger partial charge in [0.05, 0.1) is 39.2 Å². The maximum Gasteiger partial charge on any atom is 0.317 e. The lowest BCUT2D eigenvalue weighted by Crippen LogP contribution is -2.49. The summed E-state index contributed by atoms with van der Waals surface area (Å²) in [5, 5.41) is 8.93. The number of methoxy groups -OCH3 is 2. The number of halogens is 1. The molecule has 1 N–H and O–H groups in total. The molecule has 2 aliphatic heterocycles. The minimum atomic E-state index is -0.463. The van der Waals surface area contributed by atoms with E-state index in [2.05, 4.69) is 10.2 Å². The second-order valence-corrected chi connectivity index (χ2v) is 9.33. The monoisotopic (exact) mass is 541 g/mol. The third-order valence-electron chi connectivity index (χ3n) is 6.87. The number of benzene rings is 2. The van der Waals surface area contributed by atoms with Crippen LogP contribution >= 0.6 is 0 Å². The predicted molar refractivity (Wildman–Crippen MR) is 145 cm³/mol. The van der Waals surface area contributed by atoms with Crippen molar-refractivity contribution in [3.8, 4) is 11.5 Å². The Morgan fingerprint density at radius 2 is 1.87 bits per heavy atom. The summed E-state index contributed by atoms with van der Waals surface area (Å²) < 4.78 is 30.0. The first-order valence-electron chi connectivity index (χ1n) is 13.1. The van der Waals surface area contributed by atoms with E-state index in [0.29, 0.717) is 56.5 Å². The standard InChI is InChI=1S/C28H36FN5O5/c1-4-30-28(36)33(12-11-32-13-15-39-16-14-32)19-27(35)34-25(20-5-7-21(29)8-6-20)18-24(31-34)23-10-9-22(37-2)17-26(23)38-3/h5-10,17,25H,4,11-16,18-19H2,1-3H3,(H,30,36). The normalized spacial score (nSPS) is 17.5. The fourth-order valence-corrected chi connectivity index (χ4v) is 4.72. The van der Waals surface area contributed by atoms with E-state index in [9.17, 15) is 14.0 Å². The highest BCUT2D eigenvalue weighted by Crippen LogP contribution is 2.36. The van der Waals surface area contributed by atoms with E-state index < -0.39 is 6.04 Å². The molecule has 0 radical (unpaired) electrons. The molecular formula is C28H36FN5O5. The number of urea groups is 1. The van der Waals surface area contributed by atoms with Crippen molar-refractivity contribution in [2.45, 2.75) is 19.4 Å². The Kier molecular flexibility index (Phi) is 9.72. The Balaban J connectivity index is 1.59. The molecule has 39 heavy (non-hydrogen) atoms. The molecule has 0 aromatic heterocycles. The quantitative estimate of drug-likeness (QED) is 0.497. The van der Waals surface area contributed by atoms with Crippen LogP contribution in [0.15, 0.2) is 47.6 Å². The molecular weight excluding hydrogens is 505 g/mol. The van der Waals surface area contributed by atoms with E-state index in [-0.39, 0.29) is 24.3 Å². The van der Waals surface area contributed by atoms with Crippen molar-refractivity contribution in [3.63, 3.8) is 0 Å². The van der Waals surface area contributed by atoms with E-state index in [1.165, 1.54) is 22.0 Å². The van der Waals surface area contributed by atoms with Gasteiger partial charge >= 0.3 is 6.03 Å². The Hall–Kier alpha value is -3.70. The minimum absolute atomic E-state index is 0.148. The molecule has 4 rings (SSSR count). The molecule has 10 nitrogen and oxygen atoms in total. The molecule has 0 spiro atoms. The molecule has 1 saturated heterocycles. The Labute approximate surface area is 228 Å². The van der Waals surface area contributed by atoms with E-state index in [0.717, 1.165) is 24.2 Å². The summed E-state index contributed by atoms with van der Waals surface area (Å²) in [7, 11) is 3.14. The number of carbonyl (C=O) groups is 2. The van der Waals surface area contributed by atoms with Crippen molar-refractivity contribution in [3.05, 3.63) is 59.4 Å². The van der Waals surface area contributed by atoms with Gasteiger partial charge < -0.3 is 24.4 Å². The average molecular weight is 542 g/mol. The van der Waals surface area contributed by atoms with Crippen molar-refractivity contribution in [2.24, 2.45) is 5.10 Å². The molecule has 2 aliphatic rings. The number of nitrogens with one attached hydrogen (secondary N) is 1. The van der Waals surface area contributed by atoms with Gasteiger partial charge in [0.15, 0.2) is 0 Å². The largest absolute Gasteiger partial charge is 0.497 e. The highest BCUT2D eigenvalue weighted by Gasteiger charge is 2.35. The van der Waals surface area contributed by atoms with Crippen LogP contribution < -0.4 is 14.8 Å². The van der Waals surface area contributed by atoms with Crippen molar-refractivity contribution in [1.29, 1.82) is 0 Å². The number of carbonyl (C=O) groups excluding carboxylic acids is 2. The topological polar surface area (TPSA) is 95.9 Å². The second kappa shape index (κ2) is 13.4. The van der Waals surface area contributed by atoms with Crippen LogP contribution in [0, 0.1) is 5.82 Å². The highest BCUT2D eigenvalue weighted by atomic mass is 19.1. The van der Waals surface area contributed by atoms with Crippen molar-refractivity contribution < 1.29 is 28.2 Å². The van der Waals surface area contributed by atoms with Crippen LogP contribution in [0.4, 0.5) is 9.18 Å². The molecule has 1 unspecified atom stereocenters. The molecule has 210 valence electrons. The first-order valence-corrected chi connectivity index (χ1v) is 13.1. The van der Waals surface area contributed by atoms with Crippen LogP contribution in [0.5, 0.6) is 11.5 Å². The average Bonchev–Trinajstić information content (AvgIpc) is 3.41. The number of morpholine rings is 1. The summed E-state index contributed by atoms with van der Waals surface area (Å²) in [6.45, 7) is 6.03. The molecule has 1 fully saturated rings. The number of amides is 3. The molecule has 11 heteroatoms. The summed E-state index contributed by atoms with van der Waals surface area (Å²) in [6, 6.07) is 10.7. The number of rotatable bonds is 10. The number of nitrogens with zero attached hydrogens (tertiary/aromatic N) is 4. The molecule has 2 aromatic carbocycles. The smallest absolute Gasteiger partial charge is 0.317 e. The Morgan fingerprint density at radius 1 is 1.13 bits per heavy atom. The number of ether oxygens (including phenoxy) is 3. The van der Waals surface area contributed by atoms with Crippen molar-refractivity contribution in [2.75, 3.05) is 66.7 Å². The first kappa shape index (κ1) is 28.3.